The van der Waals surface area contributed by atoms with Crippen LogP contribution < -0.4 is 16.2 Å². The van der Waals surface area contributed by atoms with Gasteiger partial charge in [0.2, 0.25) is 0 Å². The van der Waals surface area contributed by atoms with E-state index in [-0.39, 0.29) is 17.7 Å². The Morgan fingerprint density at radius 1 is 1.10 bits per heavy atom. The standard InChI is InChI=1S/C20H19ClN6O3S/c21-12-5-9-1-2-10(6-13(9)26-18(12)23)30-7-14-15(28)16(29)20(31-14)27-4-3-11-17(22)24-8-25-19(11)27/h1-6,8,14-16,20,28-29H,7H2,(H2,23,26)(H2,22,24,25)/t14-,15-,16-,20-/m1/s1. The van der Waals surface area contributed by atoms with E-state index in [1.54, 1.807) is 35.0 Å². The zero-order chi connectivity index (χ0) is 21.7. The minimum Gasteiger partial charge on any atom is -0.492 e. The van der Waals surface area contributed by atoms with Crippen molar-refractivity contribution >= 4 is 56.9 Å². The van der Waals surface area contributed by atoms with Gasteiger partial charge in [0.25, 0.3) is 0 Å². The van der Waals surface area contributed by atoms with Crippen molar-refractivity contribution in [1.82, 2.24) is 19.5 Å². The van der Waals surface area contributed by atoms with E-state index in [0.29, 0.717) is 33.1 Å². The SMILES string of the molecule is Nc1nc2cc(OC[C@H]3S[C@@H](n4ccc5c(N)ncnc54)[C@H](O)[C@@H]3O)ccc2cc1Cl. The summed E-state index contributed by atoms with van der Waals surface area (Å²) in [5.41, 5.74) is 13.0. The van der Waals surface area contributed by atoms with Crippen molar-refractivity contribution in [1.29, 1.82) is 0 Å². The Labute approximate surface area is 186 Å². The Morgan fingerprint density at radius 2 is 1.94 bits per heavy atom. The second-order valence-electron chi connectivity index (χ2n) is 7.29. The number of benzene rings is 1. The molecule has 160 valence electrons. The first-order chi connectivity index (χ1) is 14.9. The van der Waals surface area contributed by atoms with Crippen LogP contribution in [0.4, 0.5) is 11.6 Å². The van der Waals surface area contributed by atoms with Crippen molar-refractivity contribution in [2.45, 2.75) is 22.8 Å². The molecule has 0 bridgehead atoms. The summed E-state index contributed by atoms with van der Waals surface area (Å²) in [5.74, 6) is 1.20. The number of aliphatic hydroxyl groups excluding tert-OH is 2. The number of halogens is 1. The minimum atomic E-state index is -0.995. The molecule has 1 saturated heterocycles. The van der Waals surface area contributed by atoms with Gasteiger partial charge in [0.05, 0.1) is 27.3 Å². The highest BCUT2D eigenvalue weighted by molar-refractivity contribution is 8.00. The molecular formula is C20H19ClN6O3S. The largest absolute Gasteiger partial charge is 0.492 e. The van der Waals surface area contributed by atoms with Crippen LogP contribution in [0.2, 0.25) is 5.02 Å². The predicted molar refractivity (Wildman–Crippen MR) is 121 cm³/mol. The van der Waals surface area contributed by atoms with Crippen LogP contribution in [0.3, 0.4) is 0 Å². The first kappa shape index (κ1) is 20.1. The van der Waals surface area contributed by atoms with Gasteiger partial charge in [-0.15, -0.1) is 11.8 Å². The van der Waals surface area contributed by atoms with E-state index >= 15 is 0 Å². The zero-order valence-electron chi connectivity index (χ0n) is 16.1. The van der Waals surface area contributed by atoms with Gasteiger partial charge in [0, 0.05) is 17.6 Å². The number of nitrogen functional groups attached to an aromatic ring is 2. The quantitative estimate of drug-likeness (QED) is 0.361. The number of nitrogens with zero attached hydrogens (tertiary/aromatic N) is 4. The number of nitrogens with two attached hydrogens (primary N) is 2. The third kappa shape index (κ3) is 3.51. The predicted octanol–water partition coefficient (Wildman–Crippen LogP) is 2.21. The second kappa shape index (κ2) is 7.72. The maximum atomic E-state index is 10.7. The van der Waals surface area contributed by atoms with Gasteiger partial charge in [-0.2, -0.15) is 0 Å². The van der Waals surface area contributed by atoms with E-state index in [0.717, 1.165) is 5.39 Å². The van der Waals surface area contributed by atoms with E-state index in [2.05, 4.69) is 15.0 Å². The van der Waals surface area contributed by atoms with Crippen LogP contribution in [-0.2, 0) is 0 Å². The van der Waals surface area contributed by atoms with Crippen LogP contribution in [0.5, 0.6) is 5.75 Å². The number of anilines is 2. The van der Waals surface area contributed by atoms with Crippen LogP contribution in [0.25, 0.3) is 21.9 Å². The summed E-state index contributed by atoms with van der Waals surface area (Å²) < 4.78 is 7.70. The van der Waals surface area contributed by atoms with Crippen molar-refractivity contribution in [2.75, 3.05) is 18.1 Å². The van der Waals surface area contributed by atoms with Gasteiger partial charge < -0.3 is 31.0 Å². The van der Waals surface area contributed by atoms with Crippen molar-refractivity contribution in [2.24, 2.45) is 0 Å². The lowest BCUT2D eigenvalue weighted by Crippen LogP contribution is -2.34. The van der Waals surface area contributed by atoms with Gasteiger partial charge in [-0.1, -0.05) is 11.6 Å². The van der Waals surface area contributed by atoms with Crippen LogP contribution in [0.1, 0.15) is 5.37 Å². The number of aromatic nitrogens is 4. The number of fused-ring (bicyclic) bond motifs is 2. The normalized spacial score (nSPS) is 23.6. The van der Waals surface area contributed by atoms with Gasteiger partial charge in [-0.05, 0) is 24.3 Å². The van der Waals surface area contributed by atoms with Crippen molar-refractivity contribution in [3.05, 3.63) is 47.9 Å². The molecule has 4 aromatic rings. The van der Waals surface area contributed by atoms with E-state index < -0.39 is 17.6 Å². The van der Waals surface area contributed by atoms with Crippen molar-refractivity contribution in [3.63, 3.8) is 0 Å². The third-order valence-corrected chi connectivity index (χ3v) is 7.19. The van der Waals surface area contributed by atoms with Gasteiger partial charge in [0.1, 0.15) is 47.4 Å². The Balaban J connectivity index is 1.34. The molecule has 1 aliphatic heterocycles. The fourth-order valence-corrected chi connectivity index (χ4v) is 5.31. The molecule has 6 N–H and O–H groups in total. The Morgan fingerprint density at radius 3 is 2.77 bits per heavy atom. The molecule has 1 aliphatic rings. The molecule has 4 heterocycles. The molecule has 3 aromatic heterocycles. The Hall–Kier alpha value is -2.79. The summed E-state index contributed by atoms with van der Waals surface area (Å²) in [6, 6.07) is 8.96. The minimum absolute atomic E-state index is 0.199. The summed E-state index contributed by atoms with van der Waals surface area (Å²) in [7, 11) is 0. The Bertz CT molecular complexity index is 1280. The molecule has 0 amide bonds. The molecule has 0 saturated carbocycles. The fraction of sp³-hybridized carbons (Fsp3) is 0.250. The van der Waals surface area contributed by atoms with Crippen LogP contribution in [0.15, 0.2) is 42.9 Å². The molecule has 0 spiro atoms. The number of thioether (sulfide) groups is 1. The average molecular weight is 459 g/mol. The molecule has 31 heavy (non-hydrogen) atoms. The number of ether oxygens (including phenoxy) is 1. The van der Waals surface area contributed by atoms with Crippen molar-refractivity contribution in [3.8, 4) is 5.75 Å². The maximum Gasteiger partial charge on any atom is 0.146 e. The lowest BCUT2D eigenvalue weighted by atomic mass is 10.1. The van der Waals surface area contributed by atoms with E-state index in [1.807, 2.05) is 6.07 Å². The summed E-state index contributed by atoms with van der Waals surface area (Å²) in [6.45, 7) is 0.199. The molecule has 1 aromatic carbocycles. The highest BCUT2D eigenvalue weighted by Gasteiger charge is 2.44. The van der Waals surface area contributed by atoms with Gasteiger partial charge in [-0.25, -0.2) is 15.0 Å². The summed E-state index contributed by atoms with van der Waals surface area (Å²) in [6.07, 6.45) is 1.20. The van der Waals surface area contributed by atoms with E-state index in [4.69, 9.17) is 27.8 Å². The first-order valence-corrected chi connectivity index (χ1v) is 10.8. The third-order valence-electron chi connectivity index (χ3n) is 5.34. The first-order valence-electron chi connectivity index (χ1n) is 9.49. The molecular weight excluding hydrogens is 440 g/mol. The monoisotopic (exact) mass is 458 g/mol. The maximum absolute atomic E-state index is 10.7. The second-order valence-corrected chi connectivity index (χ2v) is 9.05. The molecule has 0 radical (unpaired) electrons. The lowest BCUT2D eigenvalue weighted by Gasteiger charge is -2.17. The Kier molecular flexibility index (Phi) is 5.01. The van der Waals surface area contributed by atoms with E-state index in [9.17, 15) is 10.2 Å². The summed E-state index contributed by atoms with van der Waals surface area (Å²) in [4.78, 5) is 12.5. The smallest absolute Gasteiger partial charge is 0.146 e. The average Bonchev–Trinajstić information content (AvgIpc) is 3.30. The number of pyridine rings is 1. The molecule has 4 atom stereocenters. The molecule has 1 fully saturated rings. The zero-order valence-corrected chi connectivity index (χ0v) is 17.7. The van der Waals surface area contributed by atoms with Crippen LogP contribution in [-0.4, -0.2) is 53.8 Å². The lowest BCUT2D eigenvalue weighted by molar-refractivity contribution is 0.0128. The molecule has 11 heteroatoms. The summed E-state index contributed by atoms with van der Waals surface area (Å²) >= 11 is 7.43. The molecule has 0 unspecified atom stereocenters. The fourth-order valence-electron chi connectivity index (χ4n) is 3.70. The van der Waals surface area contributed by atoms with Crippen LogP contribution in [0, 0.1) is 0 Å². The van der Waals surface area contributed by atoms with Gasteiger partial charge in [0.15, 0.2) is 0 Å². The number of rotatable bonds is 4. The van der Waals surface area contributed by atoms with Gasteiger partial charge in [-0.3, -0.25) is 0 Å². The highest BCUT2D eigenvalue weighted by atomic mass is 35.5. The van der Waals surface area contributed by atoms with Crippen molar-refractivity contribution < 1.29 is 14.9 Å². The number of hydrogen-bond donors (Lipinski definition) is 4. The van der Waals surface area contributed by atoms with E-state index in [1.165, 1.54) is 18.1 Å². The number of hydrogen-bond acceptors (Lipinski definition) is 9. The topological polar surface area (TPSA) is 145 Å². The molecule has 9 nitrogen and oxygen atoms in total. The summed E-state index contributed by atoms with van der Waals surface area (Å²) in [5, 5.41) is 22.4. The number of aliphatic hydroxyl groups is 2. The molecule has 0 aliphatic carbocycles. The molecule has 5 rings (SSSR count). The highest BCUT2D eigenvalue weighted by Crippen LogP contribution is 2.43. The van der Waals surface area contributed by atoms with Crippen LogP contribution >= 0.6 is 23.4 Å². The van der Waals surface area contributed by atoms with Gasteiger partial charge >= 0.3 is 0 Å².